The lowest BCUT2D eigenvalue weighted by atomic mass is 9.70. The van der Waals surface area contributed by atoms with Gasteiger partial charge in [-0.05, 0) is 57.0 Å². The van der Waals surface area contributed by atoms with Gasteiger partial charge in [-0.2, -0.15) is 0 Å². The smallest absolute Gasteiger partial charge is 0.0101 e. The van der Waals surface area contributed by atoms with Crippen LogP contribution >= 0.6 is 0 Å². The van der Waals surface area contributed by atoms with Crippen molar-refractivity contribution in [3.63, 3.8) is 0 Å². The van der Waals surface area contributed by atoms with Gasteiger partial charge in [0.25, 0.3) is 0 Å². The van der Waals surface area contributed by atoms with E-state index in [9.17, 15) is 0 Å². The Kier molecular flexibility index (Phi) is 1.31. The number of fused-ring (bicyclic) bond motifs is 2. The summed E-state index contributed by atoms with van der Waals surface area (Å²) in [5, 5.41) is 0. The van der Waals surface area contributed by atoms with Gasteiger partial charge in [-0.1, -0.05) is 0 Å². The maximum atomic E-state index is 2.74. The first kappa shape index (κ1) is 6.47. The van der Waals surface area contributed by atoms with Crippen molar-refractivity contribution in [2.45, 2.75) is 38.1 Å². The van der Waals surface area contributed by atoms with Gasteiger partial charge in [0, 0.05) is 6.04 Å². The van der Waals surface area contributed by atoms with Crippen LogP contribution < -0.4 is 0 Å². The van der Waals surface area contributed by atoms with E-state index in [4.69, 9.17) is 0 Å². The predicted molar refractivity (Wildman–Crippen MR) is 45.4 cm³/mol. The van der Waals surface area contributed by atoms with Gasteiger partial charge >= 0.3 is 0 Å². The predicted octanol–water partition coefficient (Wildman–Crippen LogP) is 1.88. The lowest BCUT2D eigenvalue weighted by molar-refractivity contribution is 0.00154. The van der Waals surface area contributed by atoms with Gasteiger partial charge < -0.3 is 4.90 Å². The van der Waals surface area contributed by atoms with Crippen molar-refractivity contribution in [3.8, 4) is 0 Å². The quantitative estimate of drug-likeness (QED) is 0.511. The van der Waals surface area contributed by atoms with E-state index in [0.29, 0.717) is 0 Å². The molecule has 1 aliphatic carbocycles. The van der Waals surface area contributed by atoms with E-state index in [-0.39, 0.29) is 0 Å². The summed E-state index contributed by atoms with van der Waals surface area (Å²) in [6.07, 6.45) is 7.66. The van der Waals surface area contributed by atoms with Crippen LogP contribution in [0.4, 0.5) is 0 Å². The zero-order valence-corrected chi connectivity index (χ0v) is 7.13. The van der Waals surface area contributed by atoms with Crippen LogP contribution in [0.5, 0.6) is 0 Å². The van der Waals surface area contributed by atoms with Gasteiger partial charge in [-0.3, -0.25) is 0 Å². The highest BCUT2D eigenvalue weighted by Gasteiger charge is 2.39. The number of hydrogen-bond acceptors (Lipinski definition) is 1. The van der Waals surface area contributed by atoms with Crippen LogP contribution in [0.2, 0.25) is 0 Å². The van der Waals surface area contributed by atoms with E-state index in [1.165, 1.54) is 38.8 Å². The molecule has 11 heavy (non-hydrogen) atoms. The largest absolute Gasteiger partial charge is 0.300 e. The van der Waals surface area contributed by atoms with Crippen LogP contribution in [0.25, 0.3) is 0 Å². The minimum Gasteiger partial charge on any atom is -0.300 e. The fourth-order valence-corrected chi connectivity index (χ4v) is 3.47. The molecule has 3 aliphatic rings. The van der Waals surface area contributed by atoms with Crippen LogP contribution in [-0.2, 0) is 0 Å². The summed E-state index contributed by atoms with van der Waals surface area (Å²) in [5.41, 5.74) is 0. The second kappa shape index (κ2) is 2.22. The summed E-state index contributed by atoms with van der Waals surface area (Å²) >= 11 is 0. The molecule has 0 spiro atoms. The molecule has 2 saturated heterocycles. The molecule has 0 N–H and O–H groups in total. The molecule has 2 heterocycles. The summed E-state index contributed by atoms with van der Waals surface area (Å²) in [4.78, 5) is 2.74. The molecular formula is C10H17N. The van der Waals surface area contributed by atoms with Crippen LogP contribution in [0.1, 0.15) is 32.1 Å². The van der Waals surface area contributed by atoms with Gasteiger partial charge in [0.2, 0.25) is 0 Å². The topological polar surface area (TPSA) is 3.24 Å². The van der Waals surface area contributed by atoms with E-state index in [2.05, 4.69) is 4.90 Å². The molecule has 0 radical (unpaired) electrons. The van der Waals surface area contributed by atoms with Crippen molar-refractivity contribution in [1.29, 1.82) is 0 Å². The third kappa shape index (κ3) is 0.936. The molecule has 3 fully saturated rings. The van der Waals surface area contributed by atoms with Crippen molar-refractivity contribution in [1.82, 2.24) is 4.90 Å². The van der Waals surface area contributed by atoms with E-state index >= 15 is 0 Å². The maximum absolute atomic E-state index is 2.74. The van der Waals surface area contributed by atoms with E-state index < -0.39 is 0 Å². The highest BCUT2D eigenvalue weighted by atomic mass is 15.2. The number of piperidine rings is 2. The van der Waals surface area contributed by atoms with Crippen LogP contribution in [0.15, 0.2) is 0 Å². The summed E-state index contributed by atoms with van der Waals surface area (Å²) < 4.78 is 0. The monoisotopic (exact) mass is 151 g/mol. The summed E-state index contributed by atoms with van der Waals surface area (Å²) in [5.74, 6) is 2.24. The lowest BCUT2D eigenvalue weighted by Gasteiger charge is -2.50. The first-order valence-corrected chi connectivity index (χ1v) is 5.16. The fraction of sp³-hybridized carbons (Fsp3) is 1.00. The van der Waals surface area contributed by atoms with Crippen molar-refractivity contribution < 1.29 is 0 Å². The SMILES string of the molecule is C1CN2CC[C@@H]3CC1CC2C3. The molecule has 1 saturated carbocycles. The number of nitrogens with zero attached hydrogens (tertiary/aromatic N) is 1. The van der Waals surface area contributed by atoms with Crippen molar-refractivity contribution in [3.05, 3.63) is 0 Å². The maximum Gasteiger partial charge on any atom is 0.0101 e. The second-order valence-electron chi connectivity index (χ2n) is 4.71. The van der Waals surface area contributed by atoms with E-state index in [1.54, 1.807) is 6.42 Å². The molecule has 1 heteroatoms. The van der Waals surface area contributed by atoms with E-state index in [0.717, 1.165) is 17.9 Å². The highest BCUT2D eigenvalue weighted by molar-refractivity contribution is 4.93. The van der Waals surface area contributed by atoms with Gasteiger partial charge in [-0.25, -0.2) is 0 Å². The minimum atomic E-state index is 1.02. The molecule has 0 aromatic heterocycles. The number of rotatable bonds is 0. The lowest BCUT2D eigenvalue weighted by Crippen LogP contribution is -2.51. The Morgan fingerprint density at radius 2 is 1.45 bits per heavy atom. The molecule has 3 atom stereocenters. The first-order chi connectivity index (χ1) is 5.42. The Balaban J connectivity index is 1.87. The third-order valence-electron chi connectivity index (χ3n) is 4.04. The van der Waals surface area contributed by atoms with Crippen molar-refractivity contribution >= 4 is 0 Å². The fourth-order valence-electron chi connectivity index (χ4n) is 3.47. The first-order valence-electron chi connectivity index (χ1n) is 5.16. The Hall–Kier alpha value is -0.0400. The normalized spacial score (nSPS) is 49.6. The van der Waals surface area contributed by atoms with E-state index in [1.807, 2.05) is 0 Å². The van der Waals surface area contributed by atoms with Gasteiger partial charge in [0.15, 0.2) is 0 Å². The molecule has 0 aromatic carbocycles. The molecule has 2 unspecified atom stereocenters. The summed E-state index contributed by atoms with van der Waals surface area (Å²) in [7, 11) is 0. The third-order valence-corrected chi connectivity index (χ3v) is 4.04. The zero-order valence-electron chi connectivity index (χ0n) is 7.13. The van der Waals surface area contributed by atoms with Gasteiger partial charge in [-0.15, -0.1) is 0 Å². The zero-order chi connectivity index (χ0) is 7.26. The standard InChI is InChI=1S/C10H17N/c1-3-11-4-2-9-5-8(1)6-10(11)7-9/h8-10H,1-7H2/t8-,9?,10?/m1/s1. The minimum absolute atomic E-state index is 1.02. The van der Waals surface area contributed by atoms with Gasteiger partial charge in [0.05, 0.1) is 0 Å². The Morgan fingerprint density at radius 3 is 2.09 bits per heavy atom. The molecule has 62 valence electrons. The summed E-state index contributed by atoms with van der Waals surface area (Å²) in [6.45, 7) is 2.84. The Morgan fingerprint density at radius 1 is 0.818 bits per heavy atom. The number of hydrogen-bond donors (Lipinski definition) is 0. The second-order valence-corrected chi connectivity index (χ2v) is 4.71. The molecule has 3 rings (SSSR count). The average molecular weight is 151 g/mol. The van der Waals surface area contributed by atoms with Crippen molar-refractivity contribution in [2.75, 3.05) is 13.1 Å². The highest BCUT2D eigenvalue weighted by Crippen LogP contribution is 2.42. The molecule has 0 aromatic rings. The Bertz CT molecular complexity index is 146. The molecular weight excluding hydrogens is 134 g/mol. The van der Waals surface area contributed by atoms with Crippen LogP contribution in [0, 0.1) is 11.8 Å². The molecule has 3 bridgehead atoms. The van der Waals surface area contributed by atoms with Crippen molar-refractivity contribution in [2.24, 2.45) is 11.8 Å². The van der Waals surface area contributed by atoms with Crippen LogP contribution in [0.3, 0.4) is 0 Å². The summed E-state index contributed by atoms with van der Waals surface area (Å²) in [6, 6.07) is 1.02. The van der Waals surface area contributed by atoms with Crippen LogP contribution in [-0.4, -0.2) is 24.0 Å². The Labute approximate surface area is 68.8 Å². The average Bonchev–Trinajstić information content (AvgIpc) is 2.01. The molecule has 0 amide bonds. The molecule has 1 nitrogen and oxygen atoms in total. The van der Waals surface area contributed by atoms with Gasteiger partial charge in [0.1, 0.15) is 0 Å². The molecule has 2 aliphatic heterocycles.